The fourth-order valence-corrected chi connectivity index (χ4v) is 0. The number of hydrogen-bond donors (Lipinski definition) is 0. The zero-order chi connectivity index (χ0) is 2.00. The van der Waals surface area contributed by atoms with Crippen LogP contribution in [0.2, 0.25) is 0 Å². The lowest BCUT2D eigenvalue weighted by Gasteiger charge is -1.07. The van der Waals surface area contributed by atoms with E-state index in [1.54, 1.807) is 0 Å². The molecule has 0 aliphatic heterocycles. The first-order chi connectivity index (χ1) is 1.00. The van der Waals surface area contributed by atoms with Crippen LogP contribution in [0.15, 0.2) is 0 Å². The van der Waals surface area contributed by atoms with Crippen molar-refractivity contribution >= 4 is 13.5 Å². The molecule has 0 bridgehead atoms. The van der Waals surface area contributed by atoms with Crippen molar-refractivity contribution in [1.82, 2.24) is 0 Å². The van der Waals surface area contributed by atoms with Crippen LogP contribution < -0.4 is 0 Å². The van der Waals surface area contributed by atoms with E-state index >= 15 is 0 Å². The minimum absolute atomic E-state index is 0. The van der Waals surface area contributed by atoms with E-state index in [4.69, 9.17) is 0 Å². The van der Waals surface area contributed by atoms with Gasteiger partial charge >= 0.3 is 0 Å². The van der Waals surface area contributed by atoms with Gasteiger partial charge in [-0.1, -0.05) is 13.8 Å². The van der Waals surface area contributed by atoms with Gasteiger partial charge in [0.25, 0.3) is 0 Å². The summed E-state index contributed by atoms with van der Waals surface area (Å²) in [6.07, 6.45) is 0. The van der Waals surface area contributed by atoms with Gasteiger partial charge in [-0.05, 0) is 0 Å². The molecule has 0 aliphatic carbocycles. The van der Waals surface area contributed by atoms with E-state index < -0.39 is 0 Å². The highest BCUT2D eigenvalue weighted by Gasteiger charge is 0.932. The van der Waals surface area contributed by atoms with Gasteiger partial charge in [-0.2, -0.15) is 13.5 Å². The summed E-state index contributed by atoms with van der Waals surface area (Å²) >= 11 is 0. The van der Waals surface area contributed by atoms with Gasteiger partial charge in [0.15, 0.2) is 0 Å². The monoisotopic (exact) mass is 184 g/mol. The van der Waals surface area contributed by atoms with Crippen LogP contribution >= 0.6 is 13.5 Å². The molecule has 0 radical (unpaired) electrons. The maximum Gasteiger partial charge on any atom is -0.0683 e. The highest BCUT2D eigenvalue weighted by Crippen LogP contribution is 1.14. The molecule has 0 nitrogen and oxygen atoms in total. The molecule has 0 aromatic carbocycles. The highest BCUT2D eigenvalue weighted by atomic mass is 32.1. The summed E-state index contributed by atoms with van der Waals surface area (Å²) in [7, 11) is 0. The van der Waals surface area contributed by atoms with Gasteiger partial charge in [0, 0.05) is 0 Å². The van der Waals surface area contributed by atoms with Crippen LogP contribution in [0.25, 0.3) is 0 Å². The molecule has 0 aliphatic rings. The van der Waals surface area contributed by atoms with Crippen LogP contribution in [0, 0.1) is 0 Å². The maximum absolute atomic E-state index is 2.00. The molecule has 0 atom stereocenters. The van der Waals surface area contributed by atoms with Gasteiger partial charge in [0.1, 0.15) is 0 Å². The SMILES string of the molecule is CC.F.F.F.F.F.F.S. The Morgan fingerprint density at radius 1 is 0.444 bits per heavy atom. The third kappa shape index (κ3) is 56900. The van der Waals surface area contributed by atoms with Crippen LogP contribution in [-0.4, -0.2) is 0 Å². The van der Waals surface area contributed by atoms with Gasteiger partial charge in [-0.25, -0.2) is 0 Å². The van der Waals surface area contributed by atoms with Crippen molar-refractivity contribution in [3.05, 3.63) is 0 Å². The predicted octanol–water partition coefficient (Wildman–Crippen LogP) is 2.05. The lowest BCUT2D eigenvalue weighted by atomic mass is 11.0. The number of halogens is 6. The largest absolute Gasteiger partial charge is 0.269 e. The van der Waals surface area contributed by atoms with E-state index in [2.05, 4.69) is 0 Å². The van der Waals surface area contributed by atoms with E-state index in [1.807, 2.05) is 13.8 Å². The third-order valence-electron chi connectivity index (χ3n) is 0. The van der Waals surface area contributed by atoms with E-state index in [-0.39, 0.29) is 41.7 Å². The molecule has 9 heavy (non-hydrogen) atoms. The van der Waals surface area contributed by atoms with Crippen LogP contribution in [0.1, 0.15) is 13.8 Å². The Kier molecular flexibility index (Phi) is 5610000. The fraction of sp³-hybridized carbons (Fsp3) is 1.00. The van der Waals surface area contributed by atoms with Crippen LogP contribution in [0.5, 0.6) is 0 Å². The molecule has 0 unspecified atom stereocenters. The molecule has 0 spiro atoms. The molecular formula is C2H14F6S. The van der Waals surface area contributed by atoms with E-state index in [0.29, 0.717) is 0 Å². The quantitative estimate of drug-likeness (QED) is 0.505. The molecule has 0 fully saturated rings. The molecule has 0 amide bonds. The van der Waals surface area contributed by atoms with E-state index in [1.165, 1.54) is 0 Å². The minimum atomic E-state index is 0. The number of hydrogen-bond acceptors (Lipinski definition) is 0. The molecule has 0 saturated carbocycles. The summed E-state index contributed by atoms with van der Waals surface area (Å²) in [5.41, 5.74) is 0. The molecule has 7 heteroatoms. The Labute approximate surface area is 56.7 Å². The molecule has 70 valence electrons. The van der Waals surface area contributed by atoms with E-state index in [0.717, 1.165) is 0 Å². The van der Waals surface area contributed by atoms with Crippen molar-refractivity contribution in [2.75, 3.05) is 0 Å². The fourth-order valence-electron chi connectivity index (χ4n) is 0. The van der Waals surface area contributed by atoms with Gasteiger partial charge in [0.05, 0.1) is 0 Å². The lowest BCUT2D eigenvalue weighted by Crippen LogP contribution is -0.856. The van der Waals surface area contributed by atoms with Crippen molar-refractivity contribution in [2.45, 2.75) is 13.8 Å². The van der Waals surface area contributed by atoms with Crippen LogP contribution in [0.3, 0.4) is 0 Å². The predicted molar refractivity (Wildman–Crippen MR) is 36.7 cm³/mol. The summed E-state index contributed by atoms with van der Waals surface area (Å²) in [6.45, 7) is 4.00. The van der Waals surface area contributed by atoms with Gasteiger partial charge in [-0.15, -0.1) is 0 Å². The van der Waals surface area contributed by atoms with Crippen molar-refractivity contribution in [3.8, 4) is 0 Å². The highest BCUT2D eigenvalue weighted by molar-refractivity contribution is 7.59. The first kappa shape index (κ1) is 649. The van der Waals surface area contributed by atoms with Gasteiger partial charge < -0.3 is 0 Å². The Hall–Kier alpha value is -0.0700. The zero-order valence-electron chi connectivity index (χ0n) is 4.95. The van der Waals surface area contributed by atoms with Crippen LogP contribution in [-0.2, 0) is 0 Å². The second-order valence-corrected chi connectivity index (χ2v) is 0. The van der Waals surface area contributed by atoms with Crippen molar-refractivity contribution < 1.29 is 28.2 Å². The van der Waals surface area contributed by atoms with Crippen molar-refractivity contribution in [1.29, 1.82) is 0 Å². The summed E-state index contributed by atoms with van der Waals surface area (Å²) in [6, 6.07) is 0. The average molecular weight is 184 g/mol. The Balaban J connectivity index is -0.000000000238. The maximum atomic E-state index is 2.00. The van der Waals surface area contributed by atoms with Crippen LogP contribution in [0.4, 0.5) is 28.2 Å². The molecular weight excluding hydrogens is 170 g/mol. The summed E-state index contributed by atoms with van der Waals surface area (Å²) < 4.78 is 0. The lowest BCUT2D eigenvalue weighted by molar-refractivity contribution is 1.11. The molecule has 0 aromatic rings. The normalized spacial score (nSPS) is 0.667. The van der Waals surface area contributed by atoms with Gasteiger partial charge in [0.2, 0.25) is 0 Å². The summed E-state index contributed by atoms with van der Waals surface area (Å²) in [5, 5.41) is 0. The van der Waals surface area contributed by atoms with E-state index in [9.17, 15) is 0 Å². The van der Waals surface area contributed by atoms with Crippen molar-refractivity contribution in [3.63, 3.8) is 0 Å². The first-order valence-corrected chi connectivity index (χ1v) is 1.00. The van der Waals surface area contributed by atoms with Gasteiger partial charge in [-0.3, -0.25) is 28.2 Å². The molecule has 0 N–H and O–H groups in total. The minimum Gasteiger partial charge on any atom is -0.269 e. The average Bonchev–Trinajstić information content (AvgIpc) is 1.00. The molecule has 0 saturated heterocycles. The molecule has 0 heterocycles. The number of rotatable bonds is 0. The standard InChI is InChI=1S/C2H6.6FH.H2S/c1-2;;;;;;;/h1-2H3;6*1H;1H2. The topological polar surface area (TPSA) is 0 Å². The Bertz CT molecular complexity index is 11.0. The smallest absolute Gasteiger partial charge is 0.0683 e. The Morgan fingerprint density at radius 2 is 0.444 bits per heavy atom. The second kappa shape index (κ2) is 77700. The molecule has 0 rings (SSSR count). The molecule has 0 aromatic heterocycles. The Morgan fingerprint density at radius 3 is 0.444 bits per heavy atom. The summed E-state index contributed by atoms with van der Waals surface area (Å²) in [5.74, 6) is 0. The summed E-state index contributed by atoms with van der Waals surface area (Å²) in [4.78, 5) is 0. The first-order valence-electron chi connectivity index (χ1n) is 1.00. The third-order valence-corrected chi connectivity index (χ3v) is 0. The second-order valence-electron chi connectivity index (χ2n) is 0. The zero-order valence-corrected chi connectivity index (χ0v) is 5.95. The van der Waals surface area contributed by atoms with Crippen molar-refractivity contribution in [2.24, 2.45) is 0 Å².